The number of benzene rings is 1. The number of hydrogen-bond donors (Lipinski definition) is 1. The number of nitrogens with two attached hydrogens (primary N) is 1. The fourth-order valence-corrected chi connectivity index (χ4v) is 2.14. The van der Waals surface area contributed by atoms with E-state index in [9.17, 15) is 0 Å². The monoisotopic (exact) mass is 286 g/mol. The molecular formula is C17H22N2O2. The largest absolute Gasteiger partial charge is 0.497 e. The first-order valence-electron chi connectivity index (χ1n) is 7.06. The molecule has 4 nitrogen and oxygen atoms in total. The molecule has 0 amide bonds. The van der Waals surface area contributed by atoms with Crippen molar-refractivity contribution in [1.29, 1.82) is 0 Å². The third-order valence-electron chi connectivity index (χ3n) is 3.14. The second-order valence-corrected chi connectivity index (χ2v) is 5.21. The van der Waals surface area contributed by atoms with Crippen molar-refractivity contribution < 1.29 is 9.47 Å². The normalized spacial score (nSPS) is 12.0. The molecule has 0 aliphatic heterocycles. The Morgan fingerprint density at radius 1 is 1.24 bits per heavy atom. The van der Waals surface area contributed by atoms with Crippen molar-refractivity contribution in [2.45, 2.75) is 32.9 Å². The minimum Gasteiger partial charge on any atom is -0.497 e. The summed E-state index contributed by atoms with van der Waals surface area (Å²) < 4.78 is 11.2. The first kappa shape index (κ1) is 15.3. The van der Waals surface area contributed by atoms with Crippen LogP contribution in [0, 0.1) is 6.92 Å². The fourth-order valence-electron chi connectivity index (χ4n) is 2.14. The van der Waals surface area contributed by atoms with E-state index >= 15 is 0 Å². The van der Waals surface area contributed by atoms with Crippen LogP contribution >= 0.6 is 0 Å². The number of ether oxygens (including phenoxy) is 2. The summed E-state index contributed by atoms with van der Waals surface area (Å²) in [5, 5.41) is 0. The smallest absolute Gasteiger partial charge is 0.130 e. The fraction of sp³-hybridized carbons (Fsp3) is 0.353. The van der Waals surface area contributed by atoms with Gasteiger partial charge in [0.05, 0.1) is 12.8 Å². The predicted molar refractivity (Wildman–Crippen MR) is 83.7 cm³/mol. The second-order valence-electron chi connectivity index (χ2n) is 5.21. The van der Waals surface area contributed by atoms with Crippen molar-refractivity contribution >= 4 is 0 Å². The molecule has 0 saturated carbocycles. The Kier molecular flexibility index (Phi) is 5.17. The summed E-state index contributed by atoms with van der Waals surface area (Å²) >= 11 is 0. The molecule has 2 rings (SSSR count). The standard InChI is InChI=1S/C17H22N2O2/c1-12(18)9-14-7-8-16(20-3)10-17(14)21-11-15-6-4-5-13(2)19-15/h4-8,10,12H,9,11,18H2,1-3H3. The van der Waals surface area contributed by atoms with Gasteiger partial charge in [-0.25, -0.2) is 0 Å². The zero-order valence-electron chi connectivity index (χ0n) is 12.8. The van der Waals surface area contributed by atoms with Crippen LogP contribution < -0.4 is 15.2 Å². The highest BCUT2D eigenvalue weighted by Gasteiger charge is 2.09. The molecule has 4 heteroatoms. The summed E-state index contributed by atoms with van der Waals surface area (Å²) in [6.45, 7) is 4.38. The minimum atomic E-state index is 0.0813. The van der Waals surface area contributed by atoms with Gasteiger partial charge in [-0.3, -0.25) is 4.98 Å². The van der Waals surface area contributed by atoms with E-state index in [1.165, 1.54) is 0 Å². The average Bonchev–Trinajstić information content (AvgIpc) is 2.46. The van der Waals surface area contributed by atoms with E-state index in [-0.39, 0.29) is 6.04 Å². The van der Waals surface area contributed by atoms with Gasteiger partial charge < -0.3 is 15.2 Å². The van der Waals surface area contributed by atoms with Crippen LogP contribution in [0.15, 0.2) is 36.4 Å². The highest BCUT2D eigenvalue weighted by molar-refractivity contribution is 5.41. The van der Waals surface area contributed by atoms with Gasteiger partial charge in [-0.05, 0) is 44.0 Å². The summed E-state index contributed by atoms with van der Waals surface area (Å²) in [6.07, 6.45) is 0.764. The molecule has 21 heavy (non-hydrogen) atoms. The van der Waals surface area contributed by atoms with E-state index in [1.54, 1.807) is 7.11 Å². The third-order valence-corrected chi connectivity index (χ3v) is 3.14. The van der Waals surface area contributed by atoms with Crippen LogP contribution in [0.3, 0.4) is 0 Å². The molecular weight excluding hydrogens is 264 g/mol. The lowest BCUT2D eigenvalue weighted by Gasteiger charge is -2.14. The molecule has 0 spiro atoms. The molecule has 1 unspecified atom stereocenters. The van der Waals surface area contributed by atoms with Gasteiger partial charge in [-0.15, -0.1) is 0 Å². The first-order valence-corrected chi connectivity index (χ1v) is 7.06. The van der Waals surface area contributed by atoms with E-state index < -0.39 is 0 Å². The van der Waals surface area contributed by atoms with Crippen LogP contribution in [-0.2, 0) is 13.0 Å². The predicted octanol–water partition coefficient (Wildman–Crippen LogP) is 2.87. The van der Waals surface area contributed by atoms with Gasteiger partial charge >= 0.3 is 0 Å². The molecule has 1 aromatic carbocycles. The molecule has 0 saturated heterocycles. The number of nitrogens with zero attached hydrogens (tertiary/aromatic N) is 1. The Hall–Kier alpha value is -2.07. The lowest BCUT2D eigenvalue weighted by atomic mass is 10.1. The lowest BCUT2D eigenvalue weighted by Crippen LogP contribution is -2.18. The number of methoxy groups -OCH3 is 1. The summed E-state index contributed by atoms with van der Waals surface area (Å²) in [4.78, 5) is 4.44. The van der Waals surface area contributed by atoms with Gasteiger partial charge in [-0.2, -0.15) is 0 Å². The maximum absolute atomic E-state index is 5.92. The molecule has 112 valence electrons. The van der Waals surface area contributed by atoms with Gasteiger partial charge in [-0.1, -0.05) is 12.1 Å². The van der Waals surface area contributed by atoms with Gasteiger partial charge in [0.15, 0.2) is 0 Å². The zero-order chi connectivity index (χ0) is 15.2. The van der Waals surface area contributed by atoms with Crippen LogP contribution in [-0.4, -0.2) is 18.1 Å². The molecule has 1 aromatic heterocycles. The van der Waals surface area contributed by atoms with E-state index in [0.29, 0.717) is 6.61 Å². The van der Waals surface area contributed by atoms with Gasteiger partial charge in [0.2, 0.25) is 0 Å². The van der Waals surface area contributed by atoms with Crippen molar-refractivity contribution in [2.24, 2.45) is 5.73 Å². The summed E-state index contributed by atoms with van der Waals surface area (Å²) in [5.74, 6) is 1.57. The molecule has 0 radical (unpaired) electrons. The quantitative estimate of drug-likeness (QED) is 0.887. The summed E-state index contributed by atoms with van der Waals surface area (Å²) in [5.41, 5.74) is 8.86. The van der Waals surface area contributed by atoms with Crippen LogP contribution in [0.5, 0.6) is 11.5 Å². The second kappa shape index (κ2) is 7.09. The molecule has 0 fully saturated rings. The Morgan fingerprint density at radius 3 is 2.71 bits per heavy atom. The van der Waals surface area contributed by atoms with Crippen LogP contribution in [0.25, 0.3) is 0 Å². The average molecular weight is 286 g/mol. The number of aromatic nitrogens is 1. The van der Waals surface area contributed by atoms with Gasteiger partial charge in [0, 0.05) is 17.8 Å². The lowest BCUT2D eigenvalue weighted by molar-refractivity contribution is 0.295. The number of hydrogen-bond acceptors (Lipinski definition) is 4. The Labute approximate surface area is 125 Å². The third kappa shape index (κ3) is 4.46. The Morgan fingerprint density at radius 2 is 2.05 bits per heavy atom. The van der Waals surface area contributed by atoms with Crippen LogP contribution in [0.4, 0.5) is 0 Å². The molecule has 0 bridgehead atoms. The highest BCUT2D eigenvalue weighted by Crippen LogP contribution is 2.26. The van der Waals surface area contributed by atoms with Crippen molar-refractivity contribution in [1.82, 2.24) is 4.98 Å². The molecule has 1 atom stereocenters. The van der Waals surface area contributed by atoms with Crippen molar-refractivity contribution in [3.63, 3.8) is 0 Å². The zero-order valence-corrected chi connectivity index (χ0v) is 12.8. The van der Waals surface area contributed by atoms with E-state index in [1.807, 2.05) is 50.2 Å². The molecule has 2 N–H and O–H groups in total. The number of rotatable bonds is 6. The SMILES string of the molecule is COc1ccc(CC(C)N)c(OCc2cccc(C)n2)c1. The minimum absolute atomic E-state index is 0.0813. The van der Waals surface area contributed by atoms with Crippen LogP contribution in [0.2, 0.25) is 0 Å². The van der Waals surface area contributed by atoms with E-state index in [4.69, 9.17) is 15.2 Å². The van der Waals surface area contributed by atoms with Crippen molar-refractivity contribution in [3.8, 4) is 11.5 Å². The van der Waals surface area contributed by atoms with Gasteiger partial charge in [0.1, 0.15) is 18.1 Å². The van der Waals surface area contributed by atoms with Gasteiger partial charge in [0.25, 0.3) is 0 Å². The summed E-state index contributed by atoms with van der Waals surface area (Å²) in [6, 6.07) is 11.8. The number of pyridine rings is 1. The number of aryl methyl sites for hydroxylation is 1. The highest BCUT2D eigenvalue weighted by atomic mass is 16.5. The topological polar surface area (TPSA) is 57.4 Å². The summed E-state index contributed by atoms with van der Waals surface area (Å²) in [7, 11) is 1.65. The Bertz CT molecular complexity index is 597. The molecule has 0 aliphatic rings. The maximum atomic E-state index is 5.92. The molecule has 1 heterocycles. The molecule has 0 aliphatic carbocycles. The first-order chi connectivity index (χ1) is 10.1. The van der Waals surface area contributed by atoms with E-state index in [2.05, 4.69) is 4.98 Å². The molecule has 2 aromatic rings. The van der Waals surface area contributed by atoms with Crippen LogP contribution in [0.1, 0.15) is 23.9 Å². The maximum Gasteiger partial charge on any atom is 0.130 e. The van der Waals surface area contributed by atoms with E-state index in [0.717, 1.165) is 34.9 Å². The Balaban J connectivity index is 2.16. The van der Waals surface area contributed by atoms with Crippen molar-refractivity contribution in [2.75, 3.05) is 7.11 Å². The van der Waals surface area contributed by atoms with Crippen molar-refractivity contribution in [3.05, 3.63) is 53.3 Å².